The molecule has 0 unspecified atom stereocenters. The van der Waals surface area contributed by atoms with Gasteiger partial charge in [-0.2, -0.15) is 0 Å². The quantitative estimate of drug-likeness (QED) is 0.487. The maximum Gasteiger partial charge on any atom is 0.151 e. The normalized spacial score (nSPS) is 11.7. The Balaban J connectivity index is 4.01. The van der Waals surface area contributed by atoms with Crippen molar-refractivity contribution < 1.29 is 4.79 Å². The average molecular weight is 166 g/mol. The zero-order chi connectivity index (χ0) is 9.40. The van der Waals surface area contributed by atoms with Crippen LogP contribution in [-0.4, -0.2) is 25.6 Å². The molecule has 0 amide bonds. The summed E-state index contributed by atoms with van der Waals surface area (Å²) < 4.78 is 0. The molecular formula is C9H14N2O. The van der Waals surface area contributed by atoms with Gasteiger partial charge in [0.15, 0.2) is 5.78 Å². The number of rotatable bonds is 5. The first-order valence-electron chi connectivity index (χ1n) is 3.70. The third kappa shape index (κ3) is 5.41. The van der Waals surface area contributed by atoms with Crippen molar-refractivity contribution in [1.82, 2.24) is 5.32 Å². The van der Waals surface area contributed by atoms with Gasteiger partial charge in [0.2, 0.25) is 0 Å². The molecule has 66 valence electrons. The number of aliphatic imine (C=N–C) groups is 1. The van der Waals surface area contributed by atoms with Crippen LogP contribution in [0.1, 0.15) is 6.92 Å². The summed E-state index contributed by atoms with van der Waals surface area (Å²) in [4.78, 5) is 14.4. The lowest BCUT2D eigenvalue weighted by atomic mass is 10.4. The van der Waals surface area contributed by atoms with Gasteiger partial charge < -0.3 is 5.32 Å². The molecular weight excluding hydrogens is 152 g/mol. The lowest BCUT2D eigenvalue weighted by Crippen LogP contribution is -2.07. The van der Waals surface area contributed by atoms with Crippen LogP contribution in [0.3, 0.4) is 0 Å². The monoisotopic (exact) mass is 166 g/mol. The minimum absolute atomic E-state index is 0.0558. The maximum absolute atomic E-state index is 10.5. The van der Waals surface area contributed by atoms with E-state index >= 15 is 0 Å². The third-order valence-corrected chi connectivity index (χ3v) is 1.13. The van der Waals surface area contributed by atoms with Gasteiger partial charge in [0.25, 0.3) is 0 Å². The lowest BCUT2D eigenvalue weighted by Gasteiger charge is -1.96. The highest BCUT2D eigenvalue weighted by atomic mass is 16.1. The van der Waals surface area contributed by atoms with Crippen molar-refractivity contribution in [2.45, 2.75) is 6.92 Å². The first-order chi connectivity index (χ1) is 5.70. The highest BCUT2D eigenvalue weighted by Gasteiger charge is 1.88. The van der Waals surface area contributed by atoms with Crippen molar-refractivity contribution in [1.29, 1.82) is 0 Å². The van der Waals surface area contributed by atoms with Gasteiger partial charge in [-0.1, -0.05) is 12.7 Å². The predicted octanol–water partition coefficient (Wildman–Crippen LogP) is 0.935. The predicted molar refractivity (Wildman–Crippen MR) is 51.4 cm³/mol. The van der Waals surface area contributed by atoms with Crippen LogP contribution in [0.2, 0.25) is 0 Å². The molecule has 0 aliphatic heterocycles. The van der Waals surface area contributed by atoms with Gasteiger partial charge >= 0.3 is 0 Å². The summed E-state index contributed by atoms with van der Waals surface area (Å²) in [5.74, 6) is 0.0558. The van der Waals surface area contributed by atoms with Gasteiger partial charge in [-0.05, 0) is 13.0 Å². The number of hydrogen-bond acceptors (Lipinski definition) is 3. The van der Waals surface area contributed by atoms with Crippen LogP contribution in [0, 0.1) is 0 Å². The fourth-order valence-corrected chi connectivity index (χ4v) is 0.590. The van der Waals surface area contributed by atoms with Crippen LogP contribution >= 0.6 is 0 Å². The van der Waals surface area contributed by atoms with Gasteiger partial charge in [-0.3, -0.25) is 9.79 Å². The van der Waals surface area contributed by atoms with Crippen LogP contribution in [0.25, 0.3) is 0 Å². The van der Waals surface area contributed by atoms with Gasteiger partial charge in [0.05, 0.1) is 12.2 Å². The molecule has 0 saturated heterocycles. The Morgan fingerprint density at radius 1 is 1.67 bits per heavy atom. The van der Waals surface area contributed by atoms with E-state index in [0.717, 1.165) is 5.70 Å². The van der Waals surface area contributed by atoms with E-state index < -0.39 is 0 Å². The minimum Gasteiger partial charge on any atom is -0.387 e. The molecule has 3 heteroatoms. The van der Waals surface area contributed by atoms with Crippen molar-refractivity contribution in [3.8, 4) is 0 Å². The largest absolute Gasteiger partial charge is 0.387 e. The number of nitrogens with zero attached hydrogens (tertiary/aromatic N) is 1. The summed E-state index contributed by atoms with van der Waals surface area (Å²) in [7, 11) is 1.79. The molecule has 1 N–H and O–H groups in total. The molecule has 0 saturated carbocycles. The summed E-state index contributed by atoms with van der Waals surface area (Å²) in [6.07, 6.45) is 5.05. The molecule has 0 radical (unpaired) electrons. The summed E-state index contributed by atoms with van der Waals surface area (Å²) in [5, 5.41) is 2.91. The van der Waals surface area contributed by atoms with Crippen molar-refractivity contribution in [2.24, 2.45) is 4.99 Å². The molecule has 0 rings (SSSR count). The standard InChI is InChI=1S/C9H14N2O/c1-4-5-9(10-3)7-11-6-8(2)12/h4-5,7,10H,1,6H2,2-3H3/b9-5+,11-7?. The van der Waals surface area contributed by atoms with Crippen LogP contribution in [0.15, 0.2) is 29.4 Å². The SMILES string of the molecule is C=C/C=C(\C=NCC(C)=O)NC. The van der Waals surface area contributed by atoms with E-state index in [4.69, 9.17) is 0 Å². The zero-order valence-electron chi connectivity index (χ0n) is 7.50. The van der Waals surface area contributed by atoms with Gasteiger partial charge in [-0.15, -0.1) is 0 Å². The van der Waals surface area contributed by atoms with Crippen molar-refractivity contribution in [2.75, 3.05) is 13.6 Å². The number of nitrogens with one attached hydrogen (secondary N) is 1. The molecule has 0 heterocycles. The van der Waals surface area contributed by atoms with Gasteiger partial charge in [0, 0.05) is 13.3 Å². The van der Waals surface area contributed by atoms with Crippen molar-refractivity contribution >= 4 is 12.0 Å². The molecule has 0 bridgehead atoms. The minimum atomic E-state index is 0.0558. The second-order valence-electron chi connectivity index (χ2n) is 2.28. The zero-order valence-corrected chi connectivity index (χ0v) is 7.50. The number of hydrogen-bond donors (Lipinski definition) is 1. The molecule has 0 aromatic heterocycles. The Labute approximate surface area is 72.9 Å². The Morgan fingerprint density at radius 2 is 2.33 bits per heavy atom. The Kier molecular flexibility index (Phi) is 5.61. The highest BCUT2D eigenvalue weighted by Crippen LogP contribution is 1.84. The van der Waals surface area contributed by atoms with Crippen LogP contribution in [-0.2, 0) is 4.79 Å². The van der Waals surface area contributed by atoms with E-state index in [2.05, 4.69) is 16.9 Å². The molecule has 0 aliphatic rings. The van der Waals surface area contributed by atoms with Gasteiger partial charge in [-0.25, -0.2) is 0 Å². The van der Waals surface area contributed by atoms with Crippen molar-refractivity contribution in [3.63, 3.8) is 0 Å². The van der Waals surface area contributed by atoms with Gasteiger partial charge in [0.1, 0.15) is 0 Å². The molecule has 0 aromatic carbocycles. The lowest BCUT2D eigenvalue weighted by molar-refractivity contribution is -0.115. The Morgan fingerprint density at radius 3 is 2.75 bits per heavy atom. The molecule has 0 aromatic rings. The number of carbonyl (C=O) groups excluding carboxylic acids is 1. The molecule has 3 nitrogen and oxygen atoms in total. The van der Waals surface area contributed by atoms with E-state index in [1.54, 1.807) is 25.4 Å². The topological polar surface area (TPSA) is 41.5 Å². The molecule has 0 aliphatic carbocycles. The number of ketones is 1. The van der Waals surface area contributed by atoms with E-state index in [1.165, 1.54) is 6.92 Å². The summed E-state index contributed by atoms with van der Waals surface area (Å²) in [5.41, 5.74) is 0.839. The summed E-state index contributed by atoms with van der Waals surface area (Å²) in [6, 6.07) is 0. The van der Waals surface area contributed by atoms with Crippen LogP contribution in [0.5, 0.6) is 0 Å². The fraction of sp³-hybridized carbons (Fsp3) is 0.333. The molecule has 0 atom stereocenters. The van der Waals surface area contributed by atoms with E-state index in [9.17, 15) is 4.79 Å². The Hall–Kier alpha value is -1.38. The number of allylic oxidation sites excluding steroid dienone is 3. The van der Waals surface area contributed by atoms with E-state index in [0.29, 0.717) is 0 Å². The van der Waals surface area contributed by atoms with E-state index in [-0.39, 0.29) is 12.3 Å². The first-order valence-corrected chi connectivity index (χ1v) is 3.70. The maximum atomic E-state index is 10.5. The molecule has 0 fully saturated rings. The first kappa shape index (κ1) is 10.6. The van der Waals surface area contributed by atoms with Crippen LogP contribution < -0.4 is 5.32 Å². The second kappa shape index (κ2) is 6.34. The van der Waals surface area contributed by atoms with Crippen LogP contribution in [0.4, 0.5) is 0 Å². The Bertz CT molecular complexity index is 217. The molecule has 0 spiro atoms. The van der Waals surface area contributed by atoms with Crippen molar-refractivity contribution in [3.05, 3.63) is 24.4 Å². The number of Topliss-reactive ketones (excluding diaryl/α,β-unsaturated/α-hetero) is 1. The summed E-state index contributed by atoms with van der Waals surface area (Å²) >= 11 is 0. The molecule has 12 heavy (non-hydrogen) atoms. The van der Waals surface area contributed by atoms with E-state index in [1.807, 2.05) is 0 Å². The second-order valence-corrected chi connectivity index (χ2v) is 2.28. The summed E-state index contributed by atoms with van der Waals surface area (Å²) in [6.45, 7) is 5.29. The fourth-order valence-electron chi connectivity index (χ4n) is 0.590. The highest BCUT2D eigenvalue weighted by molar-refractivity contribution is 5.83. The average Bonchev–Trinajstić information content (AvgIpc) is 2.02. The smallest absolute Gasteiger partial charge is 0.151 e. The number of carbonyl (C=O) groups is 1. The third-order valence-electron chi connectivity index (χ3n) is 1.13.